The lowest BCUT2D eigenvalue weighted by atomic mass is 10.2. The maximum absolute atomic E-state index is 12.0. The van der Waals surface area contributed by atoms with Crippen molar-refractivity contribution < 1.29 is 9.72 Å². The summed E-state index contributed by atoms with van der Waals surface area (Å²) < 4.78 is 1.51. The van der Waals surface area contributed by atoms with Gasteiger partial charge in [-0.2, -0.15) is 9.78 Å². The van der Waals surface area contributed by atoms with Crippen molar-refractivity contribution in [2.75, 3.05) is 5.43 Å². The monoisotopic (exact) mass is 397 g/mol. The van der Waals surface area contributed by atoms with Crippen molar-refractivity contribution in [2.45, 2.75) is 19.0 Å². The average Bonchev–Trinajstić information content (AvgIpc) is 3.14. The van der Waals surface area contributed by atoms with Crippen molar-refractivity contribution in [3.8, 4) is 5.69 Å². The van der Waals surface area contributed by atoms with E-state index in [-0.39, 0.29) is 16.5 Å². The topological polar surface area (TPSA) is 128 Å². The van der Waals surface area contributed by atoms with Crippen molar-refractivity contribution >= 4 is 34.0 Å². The number of nitrogens with zero attached hydrogens (tertiary/aromatic N) is 6. The predicted octanol–water partition coefficient (Wildman–Crippen LogP) is 2.99. The number of nitro groups is 1. The first-order valence-corrected chi connectivity index (χ1v) is 8.88. The Morgan fingerprint density at radius 3 is 2.46 bits per heavy atom. The minimum atomic E-state index is -0.491. The number of hydrogen-bond acceptors (Lipinski definition) is 9. The molecule has 0 saturated heterocycles. The van der Waals surface area contributed by atoms with Crippen LogP contribution in [0.15, 0.2) is 58.8 Å². The Hall–Kier alpha value is -3.60. The van der Waals surface area contributed by atoms with E-state index in [0.29, 0.717) is 10.8 Å². The molecule has 0 aliphatic heterocycles. The number of tetrazole rings is 1. The summed E-state index contributed by atoms with van der Waals surface area (Å²) in [5.41, 5.74) is 5.04. The van der Waals surface area contributed by atoms with Crippen LogP contribution in [0.2, 0.25) is 0 Å². The number of ketones is 1. The van der Waals surface area contributed by atoms with Gasteiger partial charge in [0, 0.05) is 19.1 Å². The Morgan fingerprint density at radius 2 is 1.86 bits per heavy atom. The molecule has 0 aliphatic carbocycles. The second kappa shape index (κ2) is 8.39. The predicted molar refractivity (Wildman–Crippen MR) is 105 cm³/mol. The van der Waals surface area contributed by atoms with Crippen LogP contribution in [0.3, 0.4) is 0 Å². The van der Waals surface area contributed by atoms with Gasteiger partial charge >= 0.3 is 0 Å². The maximum atomic E-state index is 12.0. The number of nitro benzene ring substituents is 1. The smallest absolute Gasteiger partial charge is 0.269 e. The number of hydrazone groups is 1. The summed E-state index contributed by atoms with van der Waals surface area (Å²) in [5, 5.41) is 26.9. The Morgan fingerprint density at radius 1 is 1.18 bits per heavy atom. The molecule has 0 spiro atoms. The summed E-state index contributed by atoms with van der Waals surface area (Å²) in [6, 6.07) is 13.3. The molecule has 11 heteroatoms. The minimum Gasteiger partial charge on any atom is -0.292 e. The lowest BCUT2D eigenvalue weighted by Crippen LogP contribution is -2.10. The van der Waals surface area contributed by atoms with Gasteiger partial charge in [0.15, 0.2) is 10.8 Å². The first kappa shape index (κ1) is 19.2. The van der Waals surface area contributed by atoms with Gasteiger partial charge in [-0.15, -0.1) is 5.10 Å². The van der Waals surface area contributed by atoms with Crippen LogP contribution in [0.1, 0.15) is 12.5 Å². The Kier molecular flexibility index (Phi) is 5.75. The number of rotatable bonds is 6. The van der Waals surface area contributed by atoms with E-state index in [4.69, 9.17) is 0 Å². The summed E-state index contributed by atoms with van der Waals surface area (Å²) in [4.78, 5) is 22.2. The second-order valence-electron chi connectivity index (χ2n) is 5.70. The zero-order valence-electron chi connectivity index (χ0n) is 14.9. The third-order valence-electron chi connectivity index (χ3n) is 3.57. The van der Waals surface area contributed by atoms with Crippen LogP contribution in [0.4, 0.5) is 11.4 Å². The molecule has 2 aromatic carbocycles. The molecule has 0 radical (unpaired) electrons. The third kappa shape index (κ3) is 4.57. The van der Waals surface area contributed by atoms with E-state index in [1.165, 1.54) is 35.9 Å². The SMILES string of the molecule is CC(=O)C(=NNc1ccc([N+](=O)[O-])cc1)Sc1nnnn1-c1ccc(C)cc1. The highest BCUT2D eigenvalue weighted by molar-refractivity contribution is 8.15. The largest absolute Gasteiger partial charge is 0.292 e. The lowest BCUT2D eigenvalue weighted by Gasteiger charge is -2.06. The summed E-state index contributed by atoms with van der Waals surface area (Å²) in [7, 11) is 0. The highest BCUT2D eigenvalue weighted by atomic mass is 32.2. The van der Waals surface area contributed by atoms with Gasteiger partial charge in [0.1, 0.15) is 0 Å². The lowest BCUT2D eigenvalue weighted by molar-refractivity contribution is -0.384. The van der Waals surface area contributed by atoms with E-state index in [0.717, 1.165) is 23.0 Å². The van der Waals surface area contributed by atoms with Gasteiger partial charge in [0.25, 0.3) is 5.69 Å². The van der Waals surface area contributed by atoms with Crippen LogP contribution < -0.4 is 5.43 Å². The van der Waals surface area contributed by atoms with Gasteiger partial charge in [-0.05, 0) is 53.4 Å². The number of carbonyl (C=O) groups excluding carboxylic acids is 1. The minimum absolute atomic E-state index is 0.0343. The molecule has 0 unspecified atom stereocenters. The highest BCUT2D eigenvalue weighted by Gasteiger charge is 2.16. The Bertz CT molecular complexity index is 1030. The van der Waals surface area contributed by atoms with Gasteiger partial charge in [-0.25, -0.2) is 0 Å². The van der Waals surface area contributed by atoms with E-state index in [9.17, 15) is 14.9 Å². The first-order valence-electron chi connectivity index (χ1n) is 8.06. The number of non-ortho nitro benzene ring substituents is 1. The maximum Gasteiger partial charge on any atom is 0.269 e. The molecule has 1 N–H and O–H groups in total. The average molecular weight is 397 g/mol. The highest BCUT2D eigenvalue weighted by Crippen LogP contribution is 2.21. The van der Waals surface area contributed by atoms with Gasteiger partial charge in [-0.3, -0.25) is 20.3 Å². The van der Waals surface area contributed by atoms with Crippen LogP contribution >= 0.6 is 11.8 Å². The van der Waals surface area contributed by atoms with Crippen LogP contribution in [0.5, 0.6) is 0 Å². The molecule has 3 rings (SSSR count). The molecule has 0 amide bonds. The van der Waals surface area contributed by atoms with Crippen molar-refractivity contribution in [2.24, 2.45) is 5.10 Å². The normalized spacial score (nSPS) is 11.3. The molecule has 0 fully saturated rings. The number of benzene rings is 2. The Balaban J connectivity index is 1.79. The van der Waals surface area contributed by atoms with E-state index < -0.39 is 4.92 Å². The van der Waals surface area contributed by atoms with Crippen molar-refractivity contribution in [1.82, 2.24) is 20.2 Å². The summed E-state index contributed by atoms with van der Waals surface area (Å²) >= 11 is 1.01. The van der Waals surface area contributed by atoms with E-state index in [2.05, 4.69) is 26.1 Å². The van der Waals surface area contributed by atoms with Crippen LogP contribution in [-0.2, 0) is 4.79 Å². The van der Waals surface area contributed by atoms with Crippen LogP contribution in [-0.4, -0.2) is 36.0 Å². The van der Waals surface area contributed by atoms with E-state index in [1.54, 1.807) is 0 Å². The molecule has 0 bridgehead atoms. The zero-order valence-corrected chi connectivity index (χ0v) is 15.8. The number of aryl methyl sites for hydroxylation is 1. The summed E-state index contributed by atoms with van der Waals surface area (Å²) in [6.45, 7) is 3.35. The van der Waals surface area contributed by atoms with Crippen LogP contribution in [0, 0.1) is 17.0 Å². The summed E-state index contributed by atoms with van der Waals surface area (Å²) in [5.74, 6) is -0.280. The molecular formula is C17H15N7O3S. The van der Waals surface area contributed by atoms with Gasteiger partial charge < -0.3 is 0 Å². The van der Waals surface area contributed by atoms with Gasteiger partial charge in [0.2, 0.25) is 5.16 Å². The van der Waals surface area contributed by atoms with E-state index >= 15 is 0 Å². The van der Waals surface area contributed by atoms with Crippen LogP contribution in [0.25, 0.3) is 5.69 Å². The van der Waals surface area contributed by atoms with Crippen molar-refractivity contribution in [3.63, 3.8) is 0 Å². The number of thioether (sulfide) groups is 1. The molecule has 3 aromatic rings. The van der Waals surface area contributed by atoms with Crippen molar-refractivity contribution in [1.29, 1.82) is 0 Å². The first-order chi connectivity index (χ1) is 13.4. The molecule has 1 aromatic heterocycles. The zero-order chi connectivity index (χ0) is 20.1. The molecule has 0 aliphatic rings. The third-order valence-corrected chi connectivity index (χ3v) is 4.58. The standard InChI is InChI=1S/C17H15N7O3S/c1-11-3-7-14(8-4-11)23-17(20-21-22-23)28-16(12(2)25)19-18-13-5-9-15(10-6-13)24(26)27/h3-10,18H,1-2H3. The molecular weight excluding hydrogens is 382 g/mol. The molecule has 0 atom stereocenters. The number of aromatic nitrogens is 4. The Labute approximate surface area is 163 Å². The molecule has 28 heavy (non-hydrogen) atoms. The number of nitrogens with one attached hydrogen (secondary N) is 1. The fraction of sp³-hybridized carbons (Fsp3) is 0.118. The molecule has 1 heterocycles. The summed E-state index contributed by atoms with van der Waals surface area (Å²) in [6.07, 6.45) is 0. The fourth-order valence-corrected chi connectivity index (χ4v) is 2.84. The van der Waals surface area contributed by atoms with Gasteiger partial charge in [-0.1, -0.05) is 17.7 Å². The van der Waals surface area contributed by atoms with Gasteiger partial charge in [0.05, 0.1) is 16.3 Å². The molecule has 0 saturated carbocycles. The molecule has 10 nitrogen and oxygen atoms in total. The fourth-order valence-electron chi connectivity index (χ4n) is 2.12. The number of Topliss-reactive ketones (excluding diaryl/α,β-unsaturated/α-hetero) is 1. The molecule has 142 valence electrons. The number of anilines is 1. The van der Waals surface area contributed by atoms with E-state index in [1.807, 2.05) is 31.2 Å². The number of hydrogen-bond donors (Lipinski definition) is 1. The second-order valence-corrected chi connectivity index (χ2v) is 6.66. The van der Waals surface area contributed by atoms with Crippen molar-refractivity contribution in [3.05, 3.63) is 64.2 Å². The quantitative estimate of drug-likeness (QED) is 0.221. The number of carbonyl (C=O) groups is 1.